The SMILES string of the molecule is COCCN/C=C(\C=N)Nc1cccn2c(C#Cc3cc(C(=O)Nc4cccc(C(F)(F)F)c4)ccc3C)cnc12. The molecule has 0 saturated heterocycles. The average molecular weight is 561 g/mol. The van der Waals surface area contributed by atoms with E-state index in [1.54, 1.807) is 42.1 Å². The maximum atomic E-state index is 13.0. The van der Waals surface area contributed by atoms with E-state index in [9.17, 15) is 18.0 Å². The minimum Gasteiger partial charge on any atom is -0.387 e. The Hall–Kier alpha value is -5.08. The van der Waals surface area contributed by atoms with Crippen LogP contribution in [0.2, 0.25) is 0 Å². The molecule has 0 saturated carbocycles. The number of nitrogens with one attached hydrogen (secondary N) is 4. The summed E-state index contributed by atoms with van der Waals surface area (Å²) in [5.74, 6) is 5.61. The van der Waals surface area contributed by atoms with Gasteiger partial charge < -0.3 is 26.1 Å². The summed E-state index contributed by atoms with van der Waals surface area (Å²) in [4.78, 5) is 17.3. The number of fused-ring (bicyclic) bond motifs is 1. The Morgan fingerprint density at radius 3 is 2.71 bits per heavy atom. The van der Waals surface area contributed by atoms with Gasteiger partial charge in [-0.25, -0.2) is 4.98 Å². The van der Waals surface area contributed by atoms with Gasteiger partial charge in [-0.05, 0) is 60.9 Å². The van der Waals surface area contributed by atoms with Crippen molar-refractivity contribution in [3.8, 4) is 11.8 Å². The number of hydrogen-bond acceptors (Lipinski definition) is 6. The van der Waals surface area contributed by atoms with Gasteiger partial charge in [-0.15, -0.1) is 0 Å². The van der Waals surface area contributed by atoms with Crippen LogP contribution in [0.5, 0.6) is 0 Å². The molecule has 0 spiro atoms. The molecule has 41 heavy (non-hydrogen) atoms. The summed E-state index contributed by atoms with van der Waals surface area (Å²) >= 11 is 0. The van der Waals surface area contributed by atoms with E-state index in [0.29, 0.717) is 41.4 Å². The maximum absolute atomic E-state index is 13.0. The Labute approximate surface area is 234 Å². The zero-order chi connectivity index (χ0) is 29.4. The molecular weight excluding hydrogens is 533 g/mol. The fourth-order valence-electron chi connectivity index (χ4n) is 3.82. The minimum absolute atomic E-state index is 0.0416. The van der Waals surface area contributed by atoms with E-state index in [1.807, 2.05) is 25.3 Å². The second-order valence-corrected chi connectivity index (χ2v) is 8.89. The van der Waals surface area contributed by atoms with Crippen molar-refractivity contribution in [2.45, 2.75) is 13.1 Å². The lowest BCUT2D eigenvalue weighted by Gasteiger charge is -2.10. The number of anilines is 2. The van der Waals surface area contributed by atoms with Gasteiger partial charge >= 0.3 is 6.18 Å². The number of imidazole rings is 1. The number of alkyl halides is 3. The third-order valence-corrected chi connectivity index (χ3v) is 5.95. The molecule has 1 amide bonds. The molecule has 4 rings (SSSR count). The van der Waals surface area contributed by atoms with Crippen LogP contribution in [0.1, 0.15) is 32.7 Å². The highest BCUT2D eigenvalue weighted by Crippen LogP contribution is 2.30. The number of methoxy groups -OCH3 is 1. The molecular formula is C30H27F3N6O2. The number of nitrogens with zero attached hydrogens (tertiary/aromatic N) is 2. The van der Waals surface area contributed by atoms with Crippen molar-refractivity contribution in [1.29, 1.82) is 5.41 Å². The number of ether oxygens (including phenoxy) is 1. The highest BCUT2D eigenvalue weighted by molar-refractivity contribution is 6.04. The van der Waals surface area contributed by atoms with Crippen LogP contribution in [-0.4, -0.2) is 41.8 Å². The van der Waals surface area contributed by atoms with Crippen LogP contribution in [0.4, 0.5) is 24.5 Å². The number of halogens is 3. The predicted octanol–water partition coefficient (Wildman–Crippen LogP) is 5.45. The summed E-state index contributed by atoms with van der Waals surface area (Å²) in [6.45, 7) is 2.97. The van der Waals surface area contributed by atoms with Gasteiger partial charge in [0.15, 0.2) is 5.65 Å². The van der Waals surface area contributed by atoms with Gasteiger partial charge in [-0.3, -0.25) is 9.20 Å². The van der Waals surface area contributed by atoms with Gasteiger partial charge in [-0.1, -0.05) is 18.1 Å². The van der Waals surface area contributed by atoms with Crippen molar-refractivity contribution < 1.29 is 22.7 Å². The molecule has 0 fully saturated rings. The number of aryl methyl sites for hydroxylation is 1. The molecule has 0 aliphatic rings. The third kappa shape index (κ3) is 7.32. The van der Waals surface area contributed by atoms with E-state index in [-0.39, 0.29) is 11.3 Å². The molecule has 2 aromatic heterocycles. The van der Waals surface area contributed by atoms with E-state index in [4.69, 9.17) is 10.1 Å². The quantitative estimate of drug-likeness (QED) is 0.124. The molecule has 0 aliphatic heterocycles. The molecule has 0 unspecified atom stereocenters. The van der Waals surface area contributed by atoms with Gasteiger partial charge in [0, 0.05) is 49.1 Å². The lowest BCUT2D eigenvalue weighted by molar-refractivity contribution is -0.137. The zero-order valence-electron chi connectivity index (χ0n) is 22.3. The van der Waals surface area contributed by atoms with Crippen LogP contribution in [0.15, 0.2) is 78.9 Å². The molecule has 2 aromatic carbocycles. The second-order valence-electron chi connectivity index (χ2n) is 8.89. The smallest absolute Gasteiger partial charge is 0.387 e. The normalized spacial score (nSPS) is 11.5. The molecule has 11 heteroatoms. The van der Waals surface area contributed by atoms with E-state index >= 15 is 0 Å². The Bertz CT molecular complexity index is 1660. The second kappa shape index (κ2) is 12.8. The van der Waals surface area contributed by atoms with Crippen LogP contribution >= 0.6 is 0 Å². The van der Waals surface area contributed by atoms with E-state index in [2.05, 4.69) is 32.8 Å². The first kappa shape index (κ1) is 28.9. The molecule has 0 radical (unpaired) electrons. The molecule has 2 heterocycles. The van der Waals surface area contributed by atoms with Gasteiger partial charge in [0.05, 0.1) is 29.8 Å². The summed E-state index contributed by atoms with van der Waals surface area (Å²) in [5, 5.41) is 16.4. The van der Waals surface area contributed by atoms with Crippen molar-refractivity contribution in [2.75, 3.05) is 30.9 Å². The Balaban J connectivity index is 1.55. The number of amides is 1. The van der Waals surface area contributed by atoms with Gasteiger partial charge in [0.1, 0.15) is 5.69 Å². The number of carbonyl (C=O) groups excluding carboxylic acids is 1. The monoisotopic (exact) mass is 560 g/mol. The number of allylic oxidation sites excluding steroid dienone is 1. The molecule has 4 aromatic rings. The topological polar surface area (TPSA) is 104 Å². The molecule has 210 valence electrons. The Morgan fingerprint density at radius 2 is 1.95 bits per heavy atom. The lowest BCUT2D eigenvalue weighted by Crippen LogP contribution is -2.15. The van der Waals surface area contributed by atoms with Gasteiger partial charge in [0.25, 0.3) is 5.91 Å². The van der Waals surface area contributed by atoms with Crippen molar-refractivity contribution in [1.82, 2.24) is 14.7 Å². The first-order valence-corrected chi connectivity index (χ1v) is 12.5. The fraction of sp³-hybridized carbons (Fsp3) is 0.167. The number of aromatic nitrogens is 2. The Morgan fingerprint density at radius 1 is 1.12 bits per heavy atom. The summed E-state index contributed by atoms with van der Waals surface area (Å²) < 4.78 is 45.9. The average Bonchev–Trinajstić information content (AvgIpc) is 3.37. The first-order valence-electron chi connectivity index (χ1n) is 12.5. The van der Waals surface area contributed by atoms with Gasteiger partial charge in [-0.2, -0.15) is 13.2 Å². The highest BCUT2D eigenvalue weighted by atomic mass is 19.4. The van der Waals surface area contributed by atoms with Crippen LogP contribution in [0, 0.1) is 24.2 Å². The summed E-state index contributed by atoms with van der Waals surface area (Å²) in [6.07, 6.45) is 1.79. The van der Waals surface area contributed by atoms with E-state index in [0.717, 1.165) is 17.7 Å². The molecule has 0 atom stereocenters. The number of rotatable bonds is 9. The number of carbonyl (C=O) groups is 1. The van der Waals surface area contributed by atoms with Crippen molar-refractivity contribution in [3.05, 3.63) is 107 Å². The molecule has 0 aliphatic carbocycles. The number of hydrogen-bond donors (Lipinski definition) is 4. The van der Waals surface area contributed by atoms with Gasteiger partial charge in [0.2, 0.25) is 0 Å². The maximum Gasteiger partial charge on any atom is 0.416 e. The minimum atomic E-state index is -4.51. The van der Waals surface area contributed by atoms with Crippen molar-refractivity contribution >= 4 is 29.1 Å². The summed E-state index contributed by atoms with van der Waals surface area (Å²) in [5.41, 5.74) is 3.27. The van der Waals surface area contributed by atoms with Crippen LogP contribution in [-0.2, 0) is 10.9 Å². The van der Waals surface area contributed by atoms with Crippen LogP contribution in [0.3, 0.4) is 0 Å². The lowest BCUT2D eigenvalue weighted by atomic mass is 10.0. The van der Waals surface area contributed by atoms with Crippen LogP contribution in [0.25, 0.3) is 5.65 Å². The molecule has 4 N–H and O–H groups in total. The molecule has 0 bridgehead atoms. The van der Waals surface area contributed by atoms with E-state index in [1.165, 1.54) is 18.3 Å². The standard InChI is InChI=1S/C30H27F3N6O2/c1-20-8-9-22(29(40)38-24-6-3-5-23(16-24)30(31,32)33)15-21(20)10-11-26-19-36-28-27(7-4-13-39(26)28)37-25(17-34)18-35-12-14-41-2/h3-9,13,15-19,34-35,37H,12,14H2,1-2H3,(H,38,40)/b25-18+,34-17?. The zero-order valence-corrected chi connectivity index (χ0v) is 22.3. The summed E-state index contributed by atoms with van der Waals surface area (Å²) in [7, 11) is 1.61. The highest BCUT2D eigenvalue weighted by Gasteiger charge is 2.30. The third-order valence-electron chi connectivity index (χ3n) is 5.95. The van der Waals surface area contributed by atoms with E-state index < -0.39 is 17.6 Å². The predicted molar refractivity (Wildman–Crippen MR) is 152 cm³/mol. The summed E-state index contributed by atoms with van der Waals surface area (Å²) in [6, 6.07) is 13.0. The Kier molecular flexibility index (Phi) is 9.06. The van der Waals surface area contributed by atoms with Crippen molar-refractivity contribution in [3.63, 3.8) is 0 Å². The van der Waals surface area contributed by atoms with Crippen LogP contribution < -0.4 is 16.0 Å². The van der Waals surface area contributed by atoms with Crippen molar-refractivity contribution in [2.24, 2.45) is 0 Å². The first-order chi connectivity index (χ1) is 19.7. The number of pyridine rings is 1. The number of benzene rings is 2. The largest absolute Gasteiger partial charge is 0.416 e. The fourth-order valence-corrected chi connectivity index (χ4v) is 3.82. The molecule has 8 nitrogen and oxygen atoms in total.